The first-order valence-electron chi connectivity index (χ1n) is 10.1. The number of ether oxygens (including phenoxy) is 2. The molecule has 4 rings (SSSR count). The van der Waals surface area contributed by atoms with E-state index in [0.29, 0.717) is 6.61 Å². The Morgan fingerprint density at radius 1 is 1.04 bits per heavy atom. The first-order valence-corrected chi connectivity index (χ1v) is 10.1. The number of benzene rings is 1. The smallest absolute Gasteiger partial charge is 0.119 e. The maximum atomic E-state index is 5.83. The van der Waals surface area contributed by atoms with E-state index in [1.54, 1.807) is 6.20 Å². The predicted octanol–water partition coefficient (Wildman–Crippen LogP) is 2.26. The van der Waals surface area contributed by atoms with Crippen molar-refractivity contribution in [2.45, 2.75) is 32.0 Å². The quantitative estimate of drug-likeness (QED) is 0.748. The molecule has 0 radical (unpaired) electrons. The fraction of sp³-hybridized carbons (Fsp3) is 0.571. The summed E-state index contributed by atoms with van der Waals surface area (Å²) >= 11 is 0. The molecular formula is C21H30N4O2. The van der Waals surface area contributed by atoms with E-state index < -0.39 is 0 Å². The van der Waals surface area contributed by atoms with Crippen LogP contribution in [0.15, 0.2) is 43.0 Å². The van der Waals surface area contributed by atoms with Crippen molar-refractivity contribution >= 4 is 0 Å². The van der Waals surface area contributed by atoms with Gasteiger partial charge in [-0.1, -0.05) is 12.1 Å². The molecule has 27 heavy (non-hydrogen) atoms. The number of likely N-dealkylation sites (tertiary alicyclic amines) is 1. The van der Waals surface area contributed by atoms with Crippen LogP contribution in [-0.4, -0.2) is 71.4 Å². The highest BCUT2D eigenvalue weighted by molar-refractivity contribution is 5.27. The first-order chi connectivity index (χ1) is 13.4. The van der Waals surface area contributed by atoms with Crippen molar-refractivity contribution in [2.75, 3.05) is 46.0 Å². The molecule has 3 heterocycles. The maximum Gasteiger partial charge on any atom is 0.119 e. The van der Waals surface area contributed by atoms with Gasteiger partial charge in [-0.2, -0.15) is 0 Å². The van der Waals surface area contributed by atoms with Crippen molar-refractivity contribution in [1.82, 2.24) is 19.4 Å². The number of rotatable bonds is 7. The molecular weight excluding hydrogens is 340 g/mol. The average Bonchev–Trinajstić information content (AvgIpc) is 3.24. The Morgan fingerprint density at radius 3 is 2.52 bits per heavy atom. The van der Waals surface area contributed by atoms with E-state index in [-0.39, 0.29) is 0 Å². The molecule has 0 N–H and O–H groups in total. The van der Waals surface area contributed by atoms with Crippen LogP contribution in [0.25, 0.3) is 0 Å². The summed E-state index contributed by atoms with van der Waals surface area (Å²) in [5.41, 5.74) is 1.36. The van der Waals surface area contributed by atoms with Crippen molar-refractivity contribution in [3.8, 4) is 5.75 Å². The van der Waals surface area contributed by atoms with Gasteiger partial charge in [0.25, 0.3) is 0 Å². The number of aromatic nitrogens is 2. The lowest BCUT2D eigenvalue weighted by Crippen LogP contribution is -2.48. The molecule has 2 saturated heterocycles. The van der Waals surface area contributed by atoms with E-state index in [0.717, 1.165) is 51.2 Å². The molecule has 0 bridgehead atoms. The molecule has 2 aliphatic rings. The number of hydrogen-bond acceptors (Lipinski definition) is 5. The molecule has 0 amide bonds. The van der Waals surface area contributed by atoms with Gasteiger partial charge in [-0.3, -0.25) is 9.80 Å². The van der Waals surface area contributed by atoms with Gasteiger partial charge in [0.15, 0.2) is 0 Å². The van der Waals surface area contributed by atoms with Gasteiger partial charge in [-0.25, -0.2) is 4.98 Å². The Balaban J connectivity index is 1.18. The lowest BCUT2D eigenvalue weighted by molar-refractivity contribution is 0.000229. The topological polar surface area (TPSA) is 42.8 Å². The van der Waals surface area contributed by atoms with Crippen molar-refractivity contribution in [3.63, 3.8) is 0 Å². The highest BCUT2D eigenvalue weighted by Crippen LogP contribution is 2.20. The summed E-state index contributed by atoms with van der Waals surface area (Å²) in [5.74, 6) is 0.935. The number of morpholine rings is 1. The molecule has 0 unspecified atom stereocenters. The summed E-state index contributed by atoms with van der Waals surface area (Å²) < 4.78 is 13.3. The van der Waals surface area contributed by atoms with Gasteiger partial charge in [-0.15, -0.1) is 0 Å². The molecule has 1 aromatic carbocycles. The van der Waals surface area contributed by atoms with Gasteiger partial charge < -0.3 is 14.0 Å². The number of nitrogens with zero attached hydrogens (tertiary/aromatic N) is 4. The molecule has 1 aromatic heterocycles. The SMILES string of the molecule is c1cn(CCOc2ccc(CN3CCC(N4CCOCC4)CC3)cc2)cn1. The second-order valence-electron chi connectivity index (χ2n) is 7.45. The van der Waals surface area contributed by atoms with Crippen LogP contribution in [0.2, 0.25) is 0 Å². The average molecular weight is 370 g/mol. The third-order valence-corrected chi connectivity index (χ3v) is 5.63. The number of hydrogen-bond donors (Lipinski definition) is 0. The van der Waals surface area contributed by atoms with Crippen LogP contribution in [-0.2, 0) is 17.8 Å². The normalized spacial score (nSPS) is 20.0. The van der Waals surface area contributed by atoms with Crippen molar-refractivity contribution < 1.29 is 9.47 Å². The second kappa shape index (κ2) is 9.35. The summed E-state index contributed by atoms with van der Waals surface area (Å²) in [6.45, 7) is 8.89. The molecule has 2 fully saturated rings. The molecule has 6 heteroatoms. The lowest BCUT2D eigenvalue weighted by Gasteiger charge is -2.40. The summed E-state index contributed by atoms with van der Waals surface area (Å²) in [5, 5.41) is 0. The van der Waals surface area contributed by atoms with Crippen LogP contribution in [0, 0.1) is 0 Å². The molecule has 0 spiro atoms. The zero-order chi connectivity index (χ0) is 18.3. The van der Waals surface area contributed by atoms with Crippen LogP contribution in [0.3, 0.4) is 0 Å². The fourth-order valence-electron chi connectivity index (χ4n) is 4.02. The van der Waals surface area contributed by atoms with E-state index in [4.69, 9.17) is 9.47 Å². The monoisotopic (exact) mass is 370 g/mol. The molecule has 0 aliphatic carbocycles. The van der Waals surface area contributed by atoms with Crippen LogP contribution >= 0.6 is 0 Å². The maximum absolute atomic E-state index is 5.83. The Kier molecular flexibility index (Phi) is 6.40. The van der Waals surface area contributed by atoms with E-state index in [1.165, 1.54) is 31.5 Å². The Labute approximate surface area is 161 Å². The molecule has 6 nitrogen and oxygen atoms in total. The molecule has 146 valence electrons. The largest absolute Gasteiger partial charge is 0.492 e. The number of piperidine rings is 1. The van der Waals surface area contributed by atoms with Gasteiger partial charge in [0, 0.05) is 38.1 Å². The summed E-state index contributed by atoms with van der Waals surface area (Å²) in [6, 6.07) is 9.31. The Morgan fingerprint density at radius 2 is 1.81 bits per heavy atom. The van der Waals surface area contributed by atoms with Crippen molar-refractivity contribution in [2.24, 2.45) is 0 Å². The lowest BCUT2D eigenvalue weighted by atomic mass is 10.0. The van der Waals surface area contributed by atoms with Gasteiger partial charge in [0.05, 0.1) is 26.1 Å². The minimum Gasteiger partial charge on any atom is -0.492 e. The second-order valence-corrected chi connectivity index (χ2v) is 7.45. The van der Waals surface area contributed by atoms with E-state index in [2.05, 4.69) is 39.0 Å². The standard InChI is InChI=1S/C21H30N4O2/c1-3-21(27-16-11-24-10-7-22-18-24)4-2-19(1)17-23-8-5-20(6-9-23)25-12-14-26-15-13-25/h1-4,7,10,18,20H,5-6,8-9,11-17H2. The predicted molar refractivity (Wildman–Crippen MR) is 105 cm³/mol. The number of imidazole rings is 1. The summed E-state index contributed by atoms with van der Waals surface area (Å²) in [4.78, 5) is 9.24. The molecule has 0 saturated carbocycles. The van der Waals surface area contributed by atoms with Crippen LogP contribution in [0.1, 0.15) is 18.4 Å². The van der Waals surface area contributed by atoms with E-state index >= 15 is 0 Å². The third-order valence-electron chi connectivity index (χ3n) is 5.63. The fourth-order valence-corrected chi connectivity index (χ4v) is 4.02. The summed E-state index contributed by atoms with van der Waals surface area (Å²) in [7, 11) is 0. The highest BCUT2D eigenvalue weighted by Gasteiger charge is 2.25. The minimum absolute atomic E-state index is 0.658. The van der Waals surface area contributed by atoms with Gasteiger partial charge in [0.2, 0.25) is 0 Å². The molecule has 2 aromatic rings. The third kappa shape index (κ3) is 5.31. The zero-order valence-corrected chi connectivity index (χ0v) is 16.0. The van der Waals surface area contributed by atoms with Gasteiger partial charge >= 0.3 is 0 Å². The van der Waals surface area contributed by atoms with Crippen LogP contribution in [0.4, 0.5) is 0 Å². The summed E-state index contributed by atoms with van der Waals surface area (Å²) in [6.07, 6.45) is 8.10. The van der Waals surface area contributed by atoms with Crippen LogP contribution < -0.4 is 4.74 Å². The van der Waals surface area contributed by atoms with E-state index in [9.17, 15) is 0 Å². The zero-order valence-electron chi connectivity index (χ0n) is 16.0. The van der Waals surface area contributed by atoms with Crippen molar-refractivity contribution in [1.29, 1.82) is 0 Å². The van der Waals surface area contributed by atoms with Gasteiger partial charge in [0.1, 0.15) is 12.4 Å². The van der Waals surface area contributed by atoms with Crippen LogP contribution in [0.5, 0.6) is 5.75 Å². The molecule has 0 atom stereocenters. The molecule has 2 aliphatic heterocycles. The first kappa shape index (κ1) is 18.5. The highest BCUT2D eigenvalue weighted by atomic mass is 16.5. The van der Waals surface area contributed by atoms with Crippen molar-refractivity contribution in [3.05, 3.63) is 48.5 Å². The van der Waals surface area contributed by atoms with Gasteiger partial charge in [-0.05, 0) is 43.6 Å². The Hall–Kier alpha value is -1.89. The van der Waals surface area contributed by atoms with E-state index in [1.807, 2.05) is 17.1 Å². The minimum atomic E-state index is 0.658. The Bertz CT molecular complexity index is 660.